The molecule has 2 fully saturated rings. The van der Waals surface area contributed by atoms with Gasteiger partial charge in [-0.3, -0.25) is 9.59 Å². The van der Waals surface area contributed by atoms with Gasteiger partial charge in [-0.2, -0.15) is 5.10 Å². The van der Waals surface area contributed by atoms with Crippen molar-refractivity contribution in [3.8, 4) is 0 Å². The van der Waals surface area contributed by atoms with E-state index in [1.165, 1.54) is 0 Å². The van der Waals surface area contributed by atoms with Crippen molar-refractivity contribution in [3.05, 3.63) is 33.8 Å². The fourth-order valence-electron chi connectivity index (χ4n) is 4.54. The Kier molecular flexibility index (Phi) is 6.52. The molecule has 0 radical (unpaired) electrons. The van der Waals surface area contributed by atoms with Gasteiger partial charge in [-0.15, -0.1) is 0 Å². The van der Waals surface area contributed by atoms with Gasteiger partial charge in [0.05, 0.1) is 34.8 Å². The third-order valence-corrected chi connectivity index (χ3v) is 7.77. The van der Waals surface area contributed by atoms with Crippen molar-refractivity contribution in [2.45, 2.75) is 55.8 Å². The molecule has 1 atom stereocenters. The van der Waals surface area contributed by atoms with E-state index in [-0.39, 0.29) is 24.3 Å². The first-order chi connectivity index (χ1) is 13.9. The number of hydrogen-bond donors (Lipinski definition) is 0. The monoisotopic (exact) mass is 499 g/mol. The molecule has 4 rings (SSSR count). The molecular formula is C21H24BrCl2N3O2. The minimum Gasteiger partial charge on any atom is -0.332 e. The fourth-order valence-corrected chi connectivity index (χ4v) is 5.39. The summed E-state index contributed by atoms with van der Waals surface area (Å²) in [5.41, 5.74) is 1.82. The Morgan fingerprint density at radius 1 is 1.17 bits per heavy atom. The zero-order chi connectivity index (χ0) is 20.5. The van der Waals surface area contributed by atoms with Gasteiger partial charge in [-0.05, 0) is 49.8 Å². The zero-order valence-electron chi connectivity index (χ0n) is 16.1. The summed E-state index contributed by atoms with van der Waals surface area (Å²) >= 11 is 15.8. The number of carbonyl (C=O) groups excluding carboxylic acids is 2. The molecule has 0 bridgehead atoms. The van der Waals surface area contributed by atoms with Crippen LogP contribution in [0.1, 0.15) is 44.1 Å². The van der Waals surface area contributed by atoms with E-state index in [0.29, 0.717) is 33.8 Å². The maximum atomic E-state index is 13.0. The normalized spacial score (nSPS) is 27.5. The van der Waals surface area contributed by atoms with Crippen molar-refractivity contribution in [3.63, 3.8) is 0 Å². The maximum Gasteiger partial charge on any atom is 0.247 e. The van der Waals surface area contributed by atoms with E-state index in [1.807, 2.05) is 11.0 Å². The van der Waals surface area contributed by atoms with Crippen molar-refractivity contribution < 1.29 is 9.59 Å². The number of carbonyl (C=O) groups is 2. The lowest BCUT2D eigenvalue weighted by molar-refractivity contribution is -0.133. The third-order valence-electron chi connectivity index (χ3n) is 6.11. The molecule has 156 valence electrons. The number of amides is 2. The van der Waals surface area contributed by atoms with Crippen molar-refractivity contribution in [1.29, 1.82) is 0 Å². The van der Waals surface area contributed by atoms with E-state index < -0.39 is 0 Å². The van der Waals surface area contributed by atoms with Gasteiger partial charge in [0.1, 0.15) is 0 Å². The van der Waals surface area contributed by atoms with Gasteiger partial charge in [-0.25, -0.2) is 5.01 Å². The van der Waals surface area contributed by atoms with Crippen LogP contribution in [-0.2, 0) is 16.0 Å². The minimum atomic E-state index is -0.0837. The first-order valence-electron chi connectivity index (χ1n) is 10.2. The molecule has 1 aliphatic carbocycles. The number of alkyl halides is 1. The summed E-state index contributed by atoms with van der Waals surface area (Å²) in [6.07, 6.45) is 5.97. The molecule has 2 aliphatic heterocycles. The van der Waals surface area contributed by atoms with Crippen LogP contribution in [-0.4, -0.2) is 51.4 Å². The highest BCUT2D eigenvalue weighted by molar-refractivity contribution is 9.09. The van der Waals surface area contributed by atoms with Crippen LogP contribution in [0.25, 0.3) is 0 Å². The van der Waals surface area contributed by atoms with Crippen LogP contribution in [0.15, 0.2) is 23.3 Å². The second-order valence-corrected chi connectivity index (χ2v) is 10.2. The van der Waals surface area contributed by atoms with E-state index in [2.05, 4.69) is 15.9 Å². The number of nitrogens with zero attached hydrogens (tertiary/aromatic N) is 3. The number of hydrazone groups is 1. The fraction of sp³-hybridized carbons (Fsp3) is 0.571. The van der Waals surface area contributed by atoms with Crippen molar-refractivity contribution in [2.24, 2.45) is 11.0 Å². The van der Waals surface area contributed by atoms with E-state index >= 15 is 0 Å². The molecule has 2 amide bonds. The first kappa shape index (κ1) is 21.1. The van der Waals surface area contributed by atoms with Crippen LogP contribution in [0, 0.1) is 5.92 Å². The minimum absolute atomic E-state index is 0.0794. The second kappa shape index (κ2) is 8.94. The average Bonchev–Trinajstić information content (AvgIpc) is 3.31. The van der Waals surface area contributed by atoms with Crippen LogP contribution >= 0.6 is 39.1 Å². The Morgan fingerprint density at radius 2 is 1.93 bits per heavy atom. The molecule has 29 heavy (non-hydrogen) atoms. The highest BCUT2D eigenvalue weighted by atomic mass is 79.9. The Balaban J connectivity index is 1.52. The second-order valence-electron chi connectivity index (χ2n) is 8.08. The maximum absolute atomic E-state index is 13.0. The van der Waals surface area contributed by atoms with E-state index in [9.17, 15) is 9.59 Å². The predicted octanol–water partition coefficient (Wildman–Crippen LogP) is 4.68. The van der Waals surface area contributed by atoms with Crippen molar-refractivity contribution >= 4 is 56.7 Å². The van der Waals surface area contributed by atoms with E-state index in [0.717, 1.165) is 49.9 Å². The van der Waals surface area contributed by atoms with Crippen LogP contribution in [0.2, 0.25) is 10.0 Å². The highest BCUT2D eigenvalue weighted by Gasteiger charge is 2.41. The van der Waals surface area contributed by atoms with Gasteiger partial charge in [0.25, 0.3) is 0 Å². The molecule has 2 heterocycles. The molecular weight excluding hydrogens is 477 g/mol. The van der Waals surface area contributed by atoms with Gasteiger partial charge in [-0.1, -0.05) is 45.2 Å². The third kappa shape index (κ3) is 4.64. The Bertz CT molecular complexity index is 839. The highest BCUT2D eigenvalue weighted by Crippen LogP contribution is 2.34. The topological polar surface area (TPSA) is 53.0 Å². The number of benzene rings is 1. The van der Waals surface area contributed by atoms with Gasteiger partial charge < -0.3 is 4.90 Å². The lowest BCUT2D eigenvalue weighted by Crippen LogP contribution is -2.46. The summed E-state index contributed by atoms with van der Waals surface area (Å²) in [7, 11) is 0. The zero-order valence-corrected chi connectivity index (χ0v) is 19.2. The predicted molar refractivity (Wildman–Crippen MR) is 119 cm³/mol. The molecule has 0 N–H and O–H groups in total. The molecule has 1 saturated heterocycles. The van der Waals surface area contributed by atoms with Crippen LogP contribution in [0.3, 0.4) is 0 Å². The molecule has 1 saturated carbocycles. The molecule has 0 aromatic heterocycles. The number of likely N-dealkylation sites (tertiary alicyclic amines) is 1. The lowest BCUT2D eigenvalue weighted by Gasteiger charge is -2.31. The summed E-state index contributed by atoms with van der Waals surface area (Å²) in [5.74, 6) is 0.435. The Labute approximate surface area is 189 Å². The van der Waals surface area contributed by atoms with Gasteiger partial charge in [0, 0.05) is 23.7 Å². The van der Waals surface area contributed by atoms with Crippen LogP contribution in [0.4, 0.5) is 0 Å². The Morgan fingerprint density at radius 3 is 2.59 bits per heavy atom. The summed E-state index contributed by atoms with van der Waals surface area (Å²) in [6, 6.07) is 5.15. The quantitative estimate of drug-likeness (QED) is 0.563. The summed E-state index contributed by atoms with van der Waals surface area (Å²) in [6.45, 7) is 1.21. The first-order valence-corrected chi connectivity index (χ1v) is 11.9. The molecule has 1 aromatic rings. The van der Waals surface area contributed by atoms with Gasteiger partial charge in [0.15, 0.2) is 0 Å². The summed E-state index contributed by atoms with van der Waals surface area (Å²) in [5, 5.41) is 7.24. The number of halogens is 3. The SMILES string of the molecule is O=C(Cc1ccc(Cl)c(Cl)c1)N1CC(N2CCCC2=O)C(C2CCC(Br)CC2)=N1. The Hall–Kier alpha value is -1.11. The number of rotatable bonds is 4. The van der Waals surface area contributed by atoms with Crippen molar-refractivity contribution in [1.82, 2.24) is 9.91 Å². The average molecular weight is 501 g/mol. The van der Waals surface area contributed by atoms with Crippen LogP contribution < -0.4 is 0 Å². The van der Waals surface area contributed by atoms with E-state index in [4.69, 9.17) is 28.3 Å². The molecule has 1 aromatic carbocycles. The molecule has 3 aliphatic rings. The van der Waals surface area contributed by atoms with Crippen LogP contribution in [0.5, 0.6) is 0 Å². The molecule has 8 heteroatoms. The molecule has 5 nitrogen and oxygen atoms in total. The largest absolute Gasteiger partial charge is 0.332 e. The molecule has 0 spiro atoms. The van der Waals surface area contributed by atoms with Gasteiger partial charge in [0.2, 0.25) is 11.8 Å². The van der Waals surface area contributed by atoms with Crippen molar-refractivity contribution in [2.75, 3.05) is 13.1 Å². The number of hydrogen-bond acceptors (Lipinski definition) is 3. The smallest absolute Gasteiger partial charge is 0.247 e. The van der Waals surface area contributed by atoms with E-state index in [1.54, 1.807) is 17.1 Å². The lowest BCUT2D eigenvalue weighted by atomic mass is 9.83. The van der Waals surface area contributed by atoms with Gasteiger partial charge >= 0.3 is 0 Å². The molecule has 1 unspecified atom stereocenters. The summed E-state index contributed by atoms with van der Waals surface area (Å²) in [4.78, 5) is 27.9. The standard InChI is InChI=1S/C21H24BrCl2N3O2/c22-15-6-4-14(5-7-15)21-18(26-9-1-2-19(26)28)12-27(25-21)20(29)11-13-3-8-16(23)17(24)10-13/h3,8,10,14-15,18H,1-2,4-7,9,11-12H2. The summed E-state index contributed by atoms with van der Waals surface area (Å²) < 4.78 is 0.